The summed E-state index contributed by atoms with van der Waals surface area (Å²) in [5.74, 6) is -0.578. The van der Waals surface area contributed by atoms with E-state index in [4.69, 9.17) is 11.6 Å². The van der Waals surface area contributed by atoms with Gasteiger partial charge in [-0.15, -0.1) is 0 Å². The minimum Gasteiger partial charge on any atom is -0.352 e. The number of aryl methyl sites for hydroxylation is 1. The van der Waals surface area contributed by atoms with Gasteiger partial charge in [-0.05, 0) is 57.2 Å². The Balaban J connectivity index is 1.80. The van der Waals surface area contributed by atoms with Crippen LogP contribution in [-0.2, 0) is 0 Å². The van der Waals surface area contributed by atoms with Gasteiger partial charge in [-0.2, -0.15) is 5.10 Å². The third kappa shape index (κ3) is 4.57. The summed E-state index contributed by atoms with van der Waals surface area (Å²) in [6, 6.07) is 5.96. The van der Waals surface area contributed by atoms with Gasteiger partial charge in [0.05, 0.1) is 27.4 Å². The molecule has 0 aliphatic heterocycles. The standard InChI is InChI=1S/C21H25ClFN5O/c1-4-27(5-2)12-6-11-24-21(29)17-13-25-20-18(19(17)22)14(3)26-28(20)16-9-7-15(23)8-10-16/h7-10,13H,4-6,11-12H2,1-3H3,(H,24,29). The predicted molar refractivity (Wildman–Crippen MR) is 113 cm³/mol. The molecule has 1 aromatic carbocycles. The number of rotatable bonds is 8. The number of fused-ring (bicyclic) bond motifs is 1. The van der Waals surface area contributed by atoms with Crippen molar-refractivity contribution in [3.05, 3.63) is 52.6 Å². The van der Waals surface area contributed by atoms with Gasteiger partial charge in [0.15, 0.2) is 5.65 Å². The van der Waals surface area contributed by atoms with E-state index in [0.717, 1.165) is 26.1 Å². The van der Waals surface area contributed by atoms with Gasteiger partial charge >= 0.3 is 0 Å². The van der Waals surface area contributed by atoms with Crippen LogP contribution in [0, 0.1) is 12.7 Å². The van der Waals surface area contributed by atoms with Crippen molar-refractivity contribution in [2.24, 2.45) is 0 Å². The molecule has 3 aromatic rings. The third-order valence-corrected chi connectivity index (χ3v) is 5.35. The molecule has 0 spiro atoms. The monoisotopic (exact) mass is 417 g/mol. The number of hydrogen-bond acceptors (Lipinski definition) is 4. The van der Waals surface area contributed by atoms with Crippen molar-refractivity contribution < 1.29 is 9.18 Å². The Hall–Kier alpha value is -2.51. The summed E-state index contributed by atoms with van der Waals surface area (Å²) >= 11 is 6.55. The number of benzene rings is 1. The maximum Gasteiger partial charge on any atom is 0.254 e. The summed E-state index contributed by atoms with van der Waals surface area (Å²) in [6.07, 6.45) is 2.33. The van der Waals surface area contributed by atoms with Gasteiger partial charge in [0.2, 0.25) is 0 Å². The smallest absolute Gasteiger partial charge is 0.254 e. The summed E-state index contributed by atoms with van der Waals surface area (Å²) in [5, 5.41) is 8.33. The molecule has 2 heterocycles. The first-order chi connectivity index (χ1) is 14.0. The van der Waals surface area contributed by atoms with E-state index in [1.54, 1.807) is 16.8 Å². The first kappa shape index (κ1) is 21.2. The molecular weight excluding hydrogens is 393 g/mol. The van der Waals surface area contributed by atoms with E-state index < -0.39 is 0 Å². The van der Waals surface area contributed by atoms with E-state index in [0.29, 0.717) is 39.5 Å². The zero-order chi connectivity index (χ0) is 21.0. The summed E-state index contributed by atoms with van der Waals surface area (Å²) < 4.78 is 14.8. The Morgan fingerprint density at radius 2 is 1.93 bits per heavy atom. The Morgan fingerprint density at radius 3 is 2.59 bits per heavy atom. The largest absolute Gasteiger partial charge is 0.352 e. The van der Waals surface area contributed by atoms with Crippen molar-refractivity contribution >= 4 is 28.5 Å². The second kappa shape index (κ2) is 9.33. The molecule has 8 heteroatoms. The van der Waals surface area contributed by atoms with E-state index in [1.165, 1.54) is 18.3 Å². The van der Waals surface area contributed by atoms with E-state index in [-0.39, 0.29) is 11.7 Å². The molecule has 0 unspecified atom stereocenters. The first-order valence-corrected chi connectivity index (χ1v) is 10.1. The molecule has 1 amide bonds. The fourth-order valence-corrected chi connectivity index (χ4v) is 3.62. The van der Waals surface area contributed by atoms with Crippen LogP contribution >= 0.6 is 11.6 Å². The van der Waals surface area contributed by atoms with Gasteiger partial charge in [-0.25, -0.2) is 14.1 Å². The number of hydrogen-bond donors (Lipinski definition) is 1. The highest BCUT2D eigenvalue weighted by Crippen LogP contribution is 2.30. The average Bonchev–Trinajstić information content (AvgIpc) is 3.06. The van der Waals surface area contributed by atoms with Crippen molar-refractivity contribution in [2.75, 3.05) is 26.2 Å². The van der Waals surface area contributed by atoms with Crippen molar-refractivity contribution in [2.45, 2.75) is 27.2 Å². The minimum absolute atomic E-state index is 0.252. The highest BCUT2D eigenvalue weighted by molar-refractivity contribution is 6.38. The normalized spacial score (nSPS) is 11.4. The van der Waals surface area contributed by atoms with Crippen molar-refractivity contribution in [1.82, 2.24) is 25.0 Å². The molecule has 6 nitrogen and oxygen atoms in total. The Morgan fingerprint density at radius 1 is 1.24 bits per heavy atom. The second-order valence-electron chi connectivity index (χ2n) is 6.79. The summed E-state index contributed by atoms with van der Waals surface area (Å²) in [5.41, 5.74) is 2.17. The van der Waals surface area contributed by atoms with Gasteiger partial charge < -0.3 is 10.2 Å². The van der Waals surface area contributed by atoms with Crippen LogP contribution < -0.4 is 5.32 Å². The van der Waals surface area contributed by atoms with Crippen LogP contribution in [0.1, 0.15) is 36.3 Å². The maximum atomic E-state index is 13.2. The van der Waals surface area contributed by atoms with Crippen LogP contribution in [0.3, 0.4) is 0 Å². The highest BCUT2D eigenvalue weighted by atomic mass is 35.5. The second-order valence-corrected chi connectivity index (χ2v) is 7.17. The Bertz CT molecular complexity index is 998. The summed E-state index contributed by atoms with van der Waals surface area (Å²) in [7, 11) is 0. The zero-order valence-corrected chi connectivity index (χ0v) is 17.6. The van der Waals surface area contributed by atoms with Crippen LogP contribution in [0.4, 0.5) is 4.39 Å². The number of halogens is 2. The van der Waals surface area contributed by atoms with Crippen molar-refractivity contribution in [1.29, 1.82) is 0 Å². The molecular formula is C21H25ClFN5O. The Labute approximate surface area is 174 Å². The quantitative estimate of drug-likeness (QED) is 0.563. The van der Waals surface area contributed by atoms with Crippen LogP contribution in [0.2, 0.25) is 5.02 Å². The van der Waals surface area contributed by atoms with E-state index in [2.05, 4.69) is 34.1 Å². The first-order valence-electron chi connectivity index (χ1n) is 9.76. The van der Waals surface area contributed by atoms with Crippen LogP contribution in [0.25, 0.3) is 16.7 Å². The molecule has 0 saturated carbocycles. The molecule has 0 bridgehead atoms. The molecule has 0 radical (unpaired) electrons. The molecule has 0 atom stereocenters. The molecule has 1 N–H and O–H groups in total. The number of carbonyl (C=O) groups is 1. The fourth-order valence-electron chi connectivity index (χ4n) is 3.27. The van der Waals surface area contributed by atoms with E-state index >= 15 is 0 Å². The minimum atomic E-state index is -0.326. The molecule has 29 heavy (non-hydrogen) atoms. The van der Waals surface area contributed by atoms with Crippen molar-refractivity contribution in [3.8, 4) is 5.69 Å². The number of aromatic nitrogens is 3. The molecule has 0 fully saturated rings. The van der Waals surface area contributed by atoms with Crippen LogP contribution in [-0.4, -0.2) is 51.8 Å². The number of nitrogens with one attached hydrogen (secondary N) is 1. The molecule has 0 aliphatic rings. The van der Waals surface area contributed by atoms with Crippen LogP contribution in [0.15, 0.2) is 30.5 Å². The lowest BCUT2D eigenvalue weighted by atomic mass is 10.2. The highest BCUT2D eigenvalue weighted by Gasteiger charge is 2.20. The maximum absolute atomic E-state index is 13.2. The number of nitrogens with zero attached hydrogens (tertiary/aromatic N) is 4. The lowest BCUT2D eigenvalue weighted by Crippen LogP contribution is -2.30. The zero-order valence-electron chi connectivity index (χ0n) is 16.9. The van der Waals surface area contributed by atoms with E-state index in [9.17, 15) is 9.18 Å². The summed E-state index contributed by atoms with van der Waals surface area (Å²) in [6.45, 7) is 9.54. The van der Waals surface area contributed by atoms with Gasteiger partial charge in [0.25, 0.3) is 5.91 Å². The topological polar surface area (TPSA) is 63.1 Å². The van der Waals surface area contributed by atoms with Crippen LogP contribution in [0.5, 0.6) is 0 Å². The number of pyridine rings is 1. The van der Waals surface area contributed by atoms with E-state index in [1.807, 2.05) is 6.92 Å². The SMILES string of the molecule is CCN(CC)CCCNC(=O)c1cnc2c(c(C)nn2-c2ccc(F)cc2)c1Cl. The number of amides is 1. The van der Waals surface area contributed by atoms with Crippen molar-refractivity contribution in [3.63, 3.8) is 0 Å². The van der Waals surface area contributed by atoms with Gasteiger partial charge in [-0.1, -0.05) is 25.4 Å². The predicted octanol–water partition coefficient (Wildman–Crippen LogP) is 3.98. The lowest BCUT2D eigenvalue weighted by Gasteiger charge is -2.17. The molecule has 154 valence electrons. The number of carbonyl (C=O) groups excluding carboxylic acids is 1. The van der Waals surface area contributed by atoms with Gasteiger partial charge in [-0.3, -0.25) is 4.79 Å². The molecule has 0 aliphatic carbocycles. The molecule has 3 rings (SSSR count). The average molecular weight is 418 g/mol. The lowest BCUT2D eigenvalue weighted by molar-refractivity contribution is 0.0952. The summed E-state index contributed by atoms with van der Waals surface area (Å²) in [4.78, 5) is 19.3. The third-order valence-electron chi connectivity index (χ3n) is 4.95. The molecule has 0 saturated heterocycles. The molecule has 2 aromatic heterocycles. The van der Waals surface area contributed by atoms with Gasteiger partial charge in [0.1, 0.15) is 5.82 Å². The fraction of sp³-hybridized carbons (Fsp3) is 0.381. The Kier molecular flexibility index (Phi) is 6.82. The van der Waals surface area contributed by atoms with Gasteiger partial charge in [0, 0.05) is 12.7 Å².